The van der Waals surface area contributed by atoms with Gasteiger partial charge in [0.05, 0.1) is 6.04 Å². The van der Waals surface area contributed by atoms with Crippen LogP contribution < -0.4 is 5.32 Å². The van der Waals surface area contributed by atoms with Gasteiger partial charge in [-0.3, -0.25) is 4.79 Å². The first-order valence-corrected chi connectivity index (χ1v) is 7.08. The molecule has 0 radical (unpaired) electrons. The highest BCUT2D eigenvalue weighted by molar-refractivity contribution is 6.29. The number of carbonyl (C=O) groups excluding carboxylic acids is 1. The van der Waals surface area contributed by atoms with Gasteiger partial charge in [-0.05, 0) is 25.0 Å². The van der Waals surface area contributed by atoms with Crippen LogP contribution in [0.5, 0.6) is 0 Å². The van der Waals surface area contributed by atoms with Gasteiger partial charge in [-0.25, -0.2) is 4.98 Å². The van der Waals surface area contributed by atoms with Crippen LogP contribution >= 0.6 is 11.6 Å². The second kappa shape index (κ2) is 6.22. The maximum Gasteiger partial charge on any atom is 0.252 e. The molecule has 0 fully saturated rings. The summed E-state index contributed by atoms with van der Waals surface area (Å²) in [6.07, 6.45) is 1.60. The first-order chi connectivity index (χ1) is 9.88. The summed E-state index contributed by atoms with van der Waals surface area (Å²) < 4.78 is 1.77. The number of halogens is 1. The average molecular weight is 308 g/mol. The summed E-state index contributed by atoms with van der Waals surface area (Å²) >= 11 is 5.98. The number of rotatable bonds is 4. The van der Waals surface area contributed by atoms with Crippen LogP contribution in [0.2, 0.25) is 5.15 Å². The lowest BCUT2D eigenvalue weighted by atomic mass is 10.1. The fourth-order valence-corrected chi connectivity index (χ4v) is 2.19. The van der Waals surface area contributed by atoms with Crippen LogP contribution in [0.1, 0.15) is 54.6 Å². The molecule has 1 amide bonds. The molecule has 1 N–H and O–H groups in total. The van der Waals surface area contributed by atoms with E-state index in [0.29, 0.717) is 16.5 Å². The quantitative estimate of drug-likeness (QED) is 0.881. The van der Waals surface area contributed by atoms with Gasteiger partial charge < -0.3 is 9.88 Å². The van der Waals surface area contributed by atoms with Gasteiger partial charge in [-0.2, -0.15) is 0 Å². The van der Waals surface area contributed by atoms with E-state index in [-0.39, 0.29) is 17.9 Å². The Balaban J connectivity index is 2.19. The second-order valence-corrected chi connectivity index (χ2v) is 5.64. The van der Waals surface area contributed by atoms with E-state index in [2.05, 4.69) is 20.5 Å². The number of aryl methyl sites for hydroxylation is 1. The molecule has 0 spiro atoms. The molecule has 6 nitrogen and oxygen atoms in total. The molecule has 7 heteroatoms. The molecule has 2 aromatic heterocycles. The van der Waals surface area contributed by atoms with Crippen molar-refractivity contribution in [3.05, 3.63) is 40.7 Å². The molecule has 1 unspecified atom stereocenters. The maximum absolute atomic E-state index is 12.3. The number of hydrogen-bond acceptors (Lipinski definition) is 4. The Morgan fingerprint density at radius 1 is 1.33 bits per heavy atom. The van der Waals surface area contributed by atoms with Crippen molar-refractivity contribution >= 4 is 17.5 Å². The molecule has 2 heterocycles. The summed E-state index contributed by atoms with van der Waals surface area (Å²) in [6, 6.07) is 3.07. The lowest BCUT2D eigenvalue weighted by Crippen LogP contribution is -2.28. The Kier molecular flexibility index (Phi) is 4.57. The van der Waals surface area contributed by atoms with Crippen LogP contribution in [0.4, 0.5) is 0 Å². The van der Waals surface area contributed by atoms with E-state index < -0.39 is 0 Å². The van der Waals surface area contributed by atoms with E-state index in [9.17, 15) is 4.79 Å². The Morgan fingerprint density at radius 3 is 2.62 bits per heavy atom. The number of nitrogens with one attached hydrogen (secondary N) is 1. The zero-order valence-corrected chi connectivity index (χ0v) is 13.2. The summed E-state index contributed by atoms with van der Waals surface area (Å²) in [5.74, 6) is 0.677. The van der Waals surface area contributed by atoms with Gasteiger partial charge in [0.15, 0.2) is 5.82 Å². The van der Waals surface area contributed by atoms with Crippen molar-refractivity contribution in [1.82, 2.24) is 25.1 Å². The van der Waals surface area contributed by atoms with E-state index in [4.69, 9.17) is 11.6 Å². The molecule has 0 aromatic carbocycles. The average Bonchev–Trinajstić information content (AvgIpc) is 2.84. The first-order valence-electron chi connectivity index (χ1n) is 6.70. The minimum Gasteiger partial charge on any atom is -0.342 e. The summed E-state index contributed by atoms with van der Waals surface area (Å²) in [5, 5.41) is 11.0. The summed E-state index contributed by atoms with van der Waals surface area (Å²) in [7, 11) is 1.83. The molecule has 2 aromatic rings. The SMILES string of the molecule is CC(C)c1cc(C(=O)NC(C)c2nncn2C)cc(Cl)n1. The highest BCUT2D eigenvalue weighted by atomic mass is 35.5. The van der Waals surface area contributed by atoms with E-state index in [1.54, 1.807) is 23.0 Å². The molecule has 2 rings (SSSR count). The van der Waals surface area contributed by atoms with E-state index in [0.717, 1.165) is 5.69 Å². The van der Waals surface area contributed by atoms with Crippen molar-refractivity contribution in [2.45, 2.75) is 32.7 Å². The predicted molar refractivity (Wildman–Crippen MR) is 80.2 cm³/mol. The van der Waals surface area contributed by atoms with Gasteiger partial charge in [-0.15, -0.1) is 10.2 Å². The molecule has 0 aliphatic carbocycles. The molecule has 0 bridgehead atoms. The van der Waals surface area contributed by atoms with Crippen molar-refractivity contribution in [2.75, 3.05) is 0 Å². The number of nitrogens with zero attached hydrogens (tertiary/aromatic N) is 4. The number of hydrogen-bond donors (Lipinski definition) is 1. The van der Waals surface area contributed by atoms with E-state index in [1.165, 1.54) is 0 Å². The van der Waals surface area contributed by atoms with Gasteiger partial charge in [0.2, 0.25) is 0 Å². The Bertz CT molecular complexity index is 653. The molecule has 0 aliphatic rings. The lowest BCUT2D eigenvalue weighted by molar-refractivity contribution is 0.0937. The topological polar surface area (TPSA) is 72.7 Å². The van der Waals surface area contributed by atoms with Gasteiger partial charge >= 0.3 is 0 Å². The minimum absolute atomic E-state index is 0.200. The largest absolute Gasteiger partial charge is 0.342 e. The minimum atomic E-state index is -0.251. The molecule has 1 atom stereocenters. The van der Waals surface area contributed by atoms with E-state index in [1.807, 2.05) is 27.8 Å². The van der Waals surface area contributed by atoms with Crippen LogP contribution in [-0.4, -0.2) is 25.7 Å². The molecule has 21 heavy (non-hydrogen) atoms. The Hall–Kier alpha value is -1.95. The van der Waals surface area contributed by atoms with E-state index >= 15 is 0 Å². The third kappa shape index (κ3) is 3.58. The third-order valence-electron chi connectivity index (χ3n) is 3.15. The molecular formula is C14H18ClN5O. The van der Waals surface area contributed by atoms with Crippen LogP contribution in [0.15, 0.2) is 18.5 Å². The van der Waals surface area contributed by atoms with Crippen molar-refractivity contribution in [1.29, 1.82) is 0 Å². The van der Waals surface area contributed by atoms with Crippen LogP contribution in [0, 0.1) is 0 Å². The Labute approximate surface area is 128 Å². The number of pyridine rings is 1. The summed E-state index contributed by atoms with van der Waals surface area (Å²) in [5.41, 5.74) is 1.28. The number of amides is 1. The molecule has 0 saturated heterocycles. The molecule has 0 aliphatic heterocycles. The zero-order valence-electron chi connectivity index (χ0n) is 12.5. The van der Waals surface area contributed by atoms with Crippen molar-refractivity contribution in [2.24, 2.45) is 7.05 Å². The number of aromatic nitrogens is 4. The van der Waals surface area contributed by atoms with Gasteiger partial charge in [0.1, 0.15) is 11.5 Å². The van der Waals surface area contributed by atoms with Crippen molar-refractivity contribution < 1.29 is 4.79 Å². The molecular weight excluding hydrogens is 290 g/mol. The Morgan fingerprint density at radius 2 is 2.05 bits per heavy atom. The predicted octanol–water partition coefficient (Wildman–Crippen LogP) is 2.48. The van der Waals surface area contributed by atoms with Gasteiger partial charge in [-0.1, -0.05) is 25.4 Å². The van der Waals surface area contributed by atoms with Gasteiger partial charge in [0.25, 0.3) is 5.91 Å². The van der Waals surface area contributed by atoms with Crippen molar-refractivity contribution in [3.8, 4) is 0 Å². The standard InChI is InChI=1S/C14H18ClN5O/c1-8(2)11-5-10(6-12(15)18-11)14(21)17-9(3)13-19-16-7-20(13)4/h5-9H,1-4H3,(H,17,21). The highest BCUT2D eigenvalue weighted by Gasteiger charge is 2.17. The fourth-order valence-electron chi connectivity index (χ4n) is 1.97. The number of carbonyl (C=O) groups is 1. The monoisotopic (exact) mass is 307 g/mol. The maximum atomic E-state index is 12.3. The summed E-state index contributed by atoms with van der Waals surface area (Å²) in [6.45, 7) is 5.86. The zero-order chi connectivity index (χ0) is 15.6. The van der Waals surface area contributed by atoms with Crippen molar-refractivity contribution in [3.63, 3.8) is 0 Å². The smallest absolute Gasteiger partial charge is 0.252 e. The van der Waals surface area contributed by atoms with Gasteiger partial charge in [0, 0.05) is 18.3 Å². The van der Waals surface area contributed by atoms with Crippen LogP contribution in [-0.2, 0) is 7.05 Å². The molecule has 112 valence electrons. The highest BCUT2D eigenvalue weighted by Crippen LogP contribution is 2.18. The summed E-state index contributed by atoms with van der Waals surface area (Å²) in [4.78, 5) is 16.6. The molecule has 0 saturated carbocycles. The van der Waals surface area contributed by atoms with Crippen LogP contribution in [0.3, 0.4) is 0 Å². The fraction of sp³-hybridized carbons (Fsp3) is 0.429. The lowest BCUT2D eigenvalue weighted by Gasteiger charge is -2.14. The van der Waals surface area contributed by atoms with Crippen LogP contribution in [0.25, 0.3) is 0 Å². The normalized spacial score (nSPS) is 12.5. The second-order valence-electron chi connectivity index (χ2n) is 5.25. The first kappa shape index (κ1) is 15.4. The third-order valence-corrected chi connectivity index (χ3v) is 3.34.